The SMILES string of the molecule is Cc1c(-c2ccc(O)cc2)c(C)c(-c2ccc(O)cc2)c(-c2ccc(O)cc2)c1-c1ccc(O)cc1. The van der Waals surface area contributed by atoms with Gasteiger partial charge in [-0.25, -0.2) is 0 Å². The van der Waals surface area contributed by atoms with Gasteiger partial charge < -0.3 is 20.4 Å². The predicted molar refractivity (Wildman–Crippen MR) is 144 cm³/mol. The molecule has 0 spiro atoms. The minimum absolute atomic E-state index is 0.185. The molecule has 0 saturated heterocycles. The van der Waals surface area contributed by atoms with Crippen LogP contribution in [-0.2, 0) is 0 Å². The Morgan fingerprint density at radius 2 is 0.528 bits per heavy atom. The maximum atomic E-state index is 9.99. The van der Waals surface area contributed by atoms with Crippen LogP contribution < -0.4 is 0 Å². The third-order valence-corrected chi connectivity index (χ3v) is 6.62. The summed E-state index contributed by atoms with van der Waals surface area (Å²) < 4.78 is 0. The molecule has 0 saturated carbocycles. The van der Waals surface area contributed by atoms with Crippen LogP contribution in [0.15, 0.2) is 97.1 Å². The molecule has 5 aromatic carbocycles. The van der Waals surface area contributed by atoms with E-state index in [-0.39, 0.29) is 23.0 Å². The molecule has 0 radical (unpaired) electrons. The van der Waals surface area contributed by atoms with E-state index in [2.05, 4.69) is 13.8 Å². The summed E-state index contributed by atoms with van der Waals surface area (Å²) in [4.78, 5) is 0. The van der Waals surface area contributed by atoms with Gasteiger partial charge in [-0.3, -0.25) is 0 Å². The van der Waals surface area contributed by atoms with Crippen molar-refractivity contribution in [2.45, 2.75) is 13.8 Å². The first-order chi connectivity index (χ1) is 17.3. The minimum atomic E-state index is 0.185. The fourth-order valence-corrected chi connectivity index (χ4v) is 4.99. The molecule has 4 N–H and O–H groups in total. The number of phenols is 4. The van der Waals surface area contributed by atoms with Crippen molar-refractivity contribution in [3.63, 3.8) is 0 Å². The van der Waals surface area contributed by atoms with Crippen LogP contribution in [-0.4, -0.2) is 20.4 Å². The third-order valence-electron chi connectivity index (χ3n) is 6.62. The molecule has 0 aliphatic heterocycles. The van der Waals surface area contributed by atoms with Crippen molar-refractivity contribution in [1.29, 1.82) is 0 Å². The number of phenolic OH excluding ortho intramolecular Hbond substituents is 4. The Morgan fingerprint density at radius 3 is 0.806 bits per heavy atom. The second kappa shape index (κ2) is 9.16. The van der Waals surface area contributed by atoms with Gasteiger partial charge in [0.25, 0.3) is 0 Å². The van der Waals surface area contributed by atoms with E-state index >= 15 is 0 Å². The van der Waals surface area contributed by atoms with Crippen LogP contribution in [0.5, 0.6) is 23.0 Å². The van der Waals surface area contributed by atoms with Crippen molar-refractivity contribution in [2.24, 2.45) is 0 Å². The highest BCUT2D eigenvalue weighted by molar-refractivity contribution is 6.02. The average Bonchev–Trinajstić information content (AvgIpc) is 2.87. The Hall–Kier alpha value is -4.70. The predicted octanol–water partition coefficient (Wildman–Crippen LogP) is 7.79. The lowest BCUT2D eigenvalue weighted by Crippen LogP contribution is -2.01. The van der Waals surface area contributed by atoms with E-state index in [9.17, 15) is 20.4 Å². The highest BCUT2D eigenvalue weighted by atomic mass is 16.3. The van der Waals surface area contributed by atoms with Gasteiger partial charge in [0.15, 0.2) is 0 Å². The highest BCUT2D eigenvalue weighted by Gasteiger charge is 2.24. The number of rotatable bonds is 4. The van der Waals surface area contributed by atoms with Gasteiger partial charge in [0.2, 0.25) is 0 Å². The van der Waals surface area contributed by atoms with Crippen molar-refractivity contribution in [3.05, 3.63) is 108 Å². The summed E-state index contributed by atoms with van der Waals surface area (Å²) >= 11 is 0. The molecule has 0 heterocycles. The molecule has 0 aromatic heterocycles. The number of hydrogen-bond donors (Lipinski definition) is 4. The Bertz CT molecular complexity index is 1460. The molecule has 36 heavy (non-hydrogen) atoms. The molecule has 0 fully saturated rings. The van der Waals surface area contributed by atoms with Crippen molar-refractivity contribution < 1.29 is 20.4 Å². The fourth-order valence-electron chi connectivity index (χ4n) is 4.99. The van der Waals surface area contributed by atoms with Crippen molar-refractivity contribution in [3.8, 4) is 67.5 Å². The number of hydrogen-bond acceptors (Lipinski definition) is 4. The molecule has 0 aliphatic rings. The molecule has 0 aliphatic carbocycles. The van der Waals surface area contributed by atoms with Gasteiger partial charge in [-0.15, -0.1) is 0 Å². The lowest BCUT2D eigenvalue weighted by Gasteiger charge is -2.25. The van der Waals surface area contributed by atoms with E-state index in [1.54, 1.807) is 48.5 Å². The van der Waals surface area contributed by atoms with Gasteiger partial charge in [0.05, 0.1) is 0 Å². The Balaban J connectivity index is 1.96. The van der Waals surface area contributed by atoms with Crippen LogP contribution in [0.4, 0.5) is 0 Å². The molecule has 5 aromatic rings. The monoisotopic (exact) mass is 474 g/mol. The van der Waals surface area contributed by atoms with Crippen molar-refractivity contribution >= 4 is 0 Å². The molecule has 0 atom stereocenters. The van der Waals surface area contributed by atoms with E-state index in [1.807, 2.05) is 48.5 Å². The van der Waals surface area contributed by atoms with Gasteiger partial charge in [-0.2, -0.15) is 0 Å². The summed E-state index contributed by atoms with van der Waals surface area (Å²) in [5.41, 5.74) is 9.91. The van der Waals surface area contributed by atoms with Crippen LogP contribution >= 0.6 is 0 Å². The van der Waals surface area contributed by atoms with Gasteiger partial charge in [-0.1, -0.05) is 48.5 Å². The molecule has 4 nitrogen and oxygen atoms in total. The second-order valence-corrected chi connectivity index (χ2v) is 8.94. The van der Waals surface area contributed by atoms with Crippen LogP contribution in [0.3, 0.4) is 0 Å². The van der Waals surface area contributed by atoms with E-state index in [4.69, 9.17) is 0 Å². The quantitative estimate of drug-likeness (QED) is 0.214. The first-order valence-electron chi connectivity index (χ1n) is 11.7. The first-order valence-corrected chi connectivity index (χ1v) is 11.7. The van der Waals surface area contributed by atoms with E-state index in [0.29, 0.717) is 0 Å². The second-order valence-electron chi connectivity index (χ2n) is 8.94. The zero-order chi connectivity index (χ0) is 25.4. The highest BCUT2D eigenvalue weighted by Crippen LogP contribution is 2.49. The van der Waals surface area contributed by atoms with Gasteiger partial charge in [0, 0.05) is 0 Å². The summed E-state index contributed by atoms with van der Waals surface area (Å²) in [5.74, 6) is 0.761. The van der Waals surface area contributed by atoms with Gasteiger partial charge >= 0.3 is 0 Å². The van der Waals surface area contributed by atoms with E-state index in [1.165, 1.54) is 0 Å². The average molecular weight is 475 g/mol. The Morgan fingerprint density at radius 1 is 0.306 bits per heavy atom. The topological polar surface area (TPSA) is 80.9 Å². The molecule has 0 bridgehead atoms. The van der Waals surface area contributed by atoms with Gasteiger partial charge in [0.1, 0.15) is 23.0 Å². The van der Waals surface area contributed by atoms with Crippen LogP contribution in [0.25, 0.3) is 44.5 Å². The van der Waals surface area contributed by atoms with Crippen LogP contribution in [0.1, 0.15) is 11.1 Å². The molecule has 178 valence electrons. The number of benzene rings is 5. The van der Waals surface area contributed by atoms with E-state index < -0.39 is 0 Å². The van der Waals surface area contributed by atoms with Crippen LogP contribution in [0, 0.1) is 13.8 Å². The summed E-state index contributed by atoms with van der Waals surface area (Å²) in [5, 5.41) is 39.8. The molecule has 0 unspecified atom stereocenters. The maximum absolute atomic E-state index is 9.99. The molecule has 4 heteroatoms. The maximum Gasteiger partial charge on any atom is 0.115 e. The zero-order valence-corrected chi connectivity index (χ0v) is 20.0. The molecular formula is C32H26O4. The summed E-state index contributed by atoms with van der Waals surface area (Å²) in [6, 6.07) is 28.6. The lowest BCUT2D eigenvalue weighted by atomic mass is 9.78. The minimum Gasteiger partial charge on any atom is -0.508 e. The zero-order valence-electron chi connectivity index (χ0n) is 20.0. The Kier molecular flexibility index (Phi) is 5.87. The van der Waals surface area contributed by atoms with Crippen molar-refractivity contribution in [1.82, 2.24) is 0 Å². The summed E-state index contributed by atoms with van der Waals surface area (Å²) in [7, 11) is 0. The summed E-state index contributed by atoms with van der Waals surface area (Å²) in [6.07, 6.45) is 0. The molecular weight excluding hydrogens is 448 g/mol. The van der Waals surface area contributed by atoms with Gasteiger partial charge in [-0.05, 0) is 118 Å². The van der Waals surface area contributed by atoms with E-state index in [0.717, 1.165) is 55.6 Å². The molecule has 0 amide bonds. The third kappa shape index (κ3) is 4.14. The smallest absolute Gasteiger partial charge is 0.115 e. The summed E-state index contributed by atoms with van der Waals surface area (Å²) in [6.45, 7) is 4.17. The van der Waals surface area contributed by atoms with Crippen LogP contribution in [0.2, 0.25) is 0 Å². The van der Waals surface area contributed by atoms with Crippen molar-refractivity contribution in [2.75, 3.05) is 0 Å². The molecule has 5 rings (SSSR count). The first kappa shape index (κ1) is 23.1. The number of aromatic hydroxyl groups is 4. The Labute approximate surface area is 210 Å². The standard InChI is InChI=1S/C32H26O4/c1-19-29(21-3-11-25(33)12-4-21)20(2)31(23-7-15-27(35)16-8-23)32(24-9-17-28(36)18-10-24)30(19)22-5-13-26(34)14-6-22/h3-18,33-36H,1-2H3. The lowest BCUT2D eigenvalue weighted by molar-refractivity contribution is 0.475. The largest absolute Gasteiger partial charge is 0.508 e. The fraction of sp³-hybridized carbons (Fsp3) is 0.0625. The normalized spacial score (nSPS) is 10.9.